The molecule has 122 valence electrons. The molecule has 0 aromatic rings. The molecule has 2 saturated carbocycles. The van der Waals surface area contributed by atoms with Gasteiger partial charge in [-0.1, -0.05) is 13.0 Å². The van der Waals surface area contributed by atoms with Crippen LogP contribution in [-0.4, -0.2) is 18.0 Å². The van der Waals surface area contributed by atoms with Gasteiger partial charge in [-0.15, -0.1) is 0 Å². The molecule has 1 amide bonds. The largest absolute Gasteiger partial charge is 0.366 e. The van der Waals surface area contributed by atoms with Crippen molar-refractivity contribution in [1.29, 1.82) is 0 Å². The molecule has 1 saturated heterocycles. The van der Waals surface area contributed by atoms with Gasteiger partial charge in [-0.2, -0.15) is 0 Å². The van der Waals surface area contributed by atoms with Crippen molar-refractivity contribution in [3.63, 3.8) is 0 Å². The molecule has 3 heteroatoms. The first-order valence-corrected chi connectivity index (χ1v) is 9.20. The quantitative estimate of drug-likeness (QED) is 0.782. The van der Waals surface area contributed by atoms with Gasteiger partial charge in [-0.05, 0) is 87.5 Å². The fraction of sp³-hybridized carbons (Fsp3) is 0.842. The Kier molecular flexibility index (Phi) is 3.24. The van der Waals surface area contributed by atoms with Gasteiger partial charge in [0.1, 0.15) is 0 Å². The van der Waals surface area contributed by atoms with E-state index in [0.29, 0.717) is 5.54 Å². The molecule has 0 bridgehead atoms. The third kappa shape index (κ3) is 1.94. The highest BCUT2D eigenvalue weighted by atomic mass is 16.1. The number of carbonyl (C=O) groups excluding carboxylic acids is 1. The second-order valence-electron chi connectivity index (χ2n) is 8.76. The average Bonchev–Trinajstić information content (AvgIpc) is 2.87. The zero-order chi connectivity index (χ0) is 15.5. The van der Waals surface area contributed by atoms with Crippen LogP contribution in [0.15, 0.2) is 11.6 Å². The van der Waals surface area contributed by atoms with E-state index in [2.05, 4.69) is 25.2 Å². The SMILES string of the molecule is C[C@]12C=C(C(N)=O)CCC1CC[C@@H]1[C@H]2CC[C@]2(C)NCC[C@@H]12. The van der Waals surface area contributed by atoms with E-state index in [1.165, 1.54) is 38.6 Å². The zero-order valence-electron chi connectivity index (χ0n) is 14.0. The summed E-state index contributed by atoms with van der Waals surface area (Å²) in [6, 6.07) is 0. The Labute approximate surface area is 134 Å². The molecule has 6 atom stereocenters. The molecule has 4 rings (SSSR count). The van der Waals surface area contributed by atoms with Crippen LogP contribution in [0.2, 0.25) is 0 Å². The molecule has 1 heterocycles. The van der Waals surface area contributed by atoms with Crippen LogP contribution in [-0.2, 0) is 4.79 Å². The number of primary amides is 1. The fourth-order valence-electron chi connectivity index (χ4n) is 6.71. The Balaban J connectivity index is 1.69. The lowest BCUT2D eigenvalue weighted by molar-refractivity contribution is -0.115. The Morgan fingerprint density at radius 2 is 2.00 bits per heavy atom. The van der Waals surface area contributed by atoms with Crippen molar-refractivity contribution >= 4 is 5.91 Å². The molecular weight excluding hydrogens is 272 g/mol. The van der Waals surface area contributed by atoms with Crippen LogP contribution >= 0.6 is 0 Å². The molecule has 4 aliphatic rings. The highest BCUT2D eigenvalue weighted by molar-refractivity contribution is 5.92. The Bertz CT molecular complexity index is 528. The first-order valence-electron chi connectivity index (χ1n) is 9.20. The van der Waals surface area contributed by atoms with Crippen molar-refractivity contribution in [2.75, 3.05) is 6.54 Å². The molecule has 3 N–H and O–H groups in total. The van der Waals surface area contributed by atoms with Crippen LogP contribution in [0.4, 0.5) is 0 Å². The number of hydrogen-bond donors (Lipinski definition) is 2. The molecule has 1 unspecified atom stereocenters. The van der Waals surface area contributed by atoms with Crippen LogP contribution in [0, 0.1) is 29.1 Å². The maximum absolute atomic E-state index is 11.7. The van der Waals surface area contributed by atoms with E-state index < -0.39 is 0 Å². The lowest BCUT2D eigenvalue weighted by Gasteiger charge is -2.58. The summed E-state index contributed by atoms with van der Waals surface area (Å²) >= 11 is 0. The van der Waals surface area contributed by atoms with E-state index in [1.54, 1.807) is 0 Å². The van der Waals surface area contributed by atoms with Crippen molar-refractivity contribution in [2.24, 2.45) is 34.8 Å². The van der Waals surface area contributed by atoms with Crippen molar-refractivity contribution in [3.8, 4) is 0 Å². The van der Waals surface area contributed by atoms with Gasteiger partial charge in [0.25, 0.3) is 0 Å². The number of nitrogens with one attached hydrogen (secondary N) is 1. The van der Waals surface area contributed by atoms with Crippen LogP contribution in [0.1, 0.15) is 58.8 Å². The second kappa shape index (κ2) is 4.83. The summed E-state index contributed by atoms with van der Waals surface area (Å²) in [4.78, 5) is 11.7. The summed E-state index contributed by atoms with van der Waals surface area (Å²) in [5.41, 5.74) is 7.08. The highest BCUT2D eigenvalue weighted by Gasteiger charge is 2.57. The van der Waals surface area contributed by atoms with Gasteiger partial charge in [0.2, 0.25) is 5.91 Å². The van der Waals surface area contributed by atoms with Crippen molar-refractivity contribution in [1.82, 2.24) is 5.32 Å². The van der Waals surface area contributed by atoms with E-state index >= 15 is 0 Å². The maximum Gasteiger partial charge on any atom is 0.244 e. The number of nitrogens with two attached hydrogens (primary N) is 1. The van der Waals surface area contributed by atoms with E-state index in [9.17, 15) is 4.79 Å². The molecule has 3 fully saturated rings. The first-order chi connectivity index (χ1) is 10.4. The summed E-state index contributed by atoms with van der Waals surface area (Å²) in [6.07, 6.45) is 11.0. The average molecular weight is 302 g/mol. The molecule has 0 aromatic carbocycles. The van der Waals surface area contributed by atoms with Gasteiger partial charge in [0, 0.05) is 11.1 Å². The van der Waals surface area contributed by atoms with Gasteiger partial charge in [0.15, 0.2) is 0 Å². The molecule has 0 spiro atoms. The topological polar surface area (TPSA) is 55.1 Å². The summed E-state index contributed by atoms with van der Waals surface area (Å²) in [5, 5.41) is 3.79. The van der Waals surface area contributed by atoms with Crippen molar-refractivity contribution in [3.05, 3.63) is 11.6 Å². The summed E-state index contributed by atoms with van der Waals surface area (Å²) < 4.78 is 0. The molecule has 3 nitrogen and oxygen atoms in total. The smallest absolute Gasteiger partial charge is 0.244 e. The molecule has 3 aliphatic carbocycles. The monoisotopic (exact) mass is 302 g/mol. The Morgan fingerprint density at radius 3 is 2.77 bits per heavy atom. The Morgan fingerprint density at radius 1 is 1.18 bits per heavy atom. The highest BCUT2D eigenvalue weighted by Crippen LogP contribution is 2.61. The van der Waals surface area contributed by atoms with E-state index in [-0.39, 0.29) is 11.3 Å². The lowest BCUT2D eigenvalue weighted by Crippen LogP contribution is -2.56. The number of fused-ring (bicyclic) bond motifs is 5. The minimum Gasteiger partial charge on any atom is -0.366 e. The van der Waals surface area contributed by atoms with Gasteiger partial charge < -0.3 is 11.1 Å². The number of hydrogen-bond acceptors (Lipinski definition) is 2. The number of amides is 1. The van der Waals surface area contributed by atoms with Crippen LogP contribution in [0.3, 0.4) is 0 Å². The zero-order valence-corrected chi connectivity index (χ0v) is 14.0. The van der Waals surface area contributed by atoms with Gasteiger partial charge in [-0.3, -0.25) is 4.79 Å². The van der Waals surface area contributed by atoms with Crippen LogP contribution in [0.25, 0.3) is 0 Å². The van der Waals surface area contributed by atoms with Crippen molar-refractivity contribution in [2.45, 2.75) is 64.3 Å². The summed E-state index contributed by atoms with van der Waals surface area (Å²) in [5.74, 6) is 2.98. The van der Waals surface area contributed by atoms with E-state index in [1.807, 2.05) is 0 Å². The standard InChI is InChI=1S/C19H30N2O/c1-18-11-12(17(20)22)3-4-13(18)5-6-14-15(18)7-9-19(2)16(14)8-10-21-19/h11,13-16,21H,3-10H2,1-2H3,(H2,20,22)/t13?,14-,15-,16+,18+,19+/m1/s1. The van der Waals surface area contributed by atoms with E-state index in [4.69, 9.17) is 5.73 Å². The molecular formula is C19H30N2O. The second-order valence-corrected chi connectivity index (χ2v) is 8.76. The summed E-state index contributed by atoms with van der Waals surface area (Å²) in [7, 11) is 0. The number of rotatable bonds is 1. The molecule has 1 aliphatic heterocycles. The first kappa shape index (κ1) is 14.7. The molecule has 0 aromatic heterocycles. The van der Waals surface area contributed by atoms with Gasteiger partial charge in [0.05, 0.1) is 0 Å². The minimum absolute atomic E-state index is 0.190. The lowest BCUT2D eigenvalue weighted by atomic mass is 9.47. The molecule has 0 radical (unpaired) electrons. The fourth-order valence-corrected chi connectivity index (χ4v) is 6.71. The normalized spacial score (nSPS) is 50.5. The minimum atomic E-state index is -0.190. The number of carbonyl (C=O) groups is 1. The van der Waals surface area contributed by atoms with E-state index in [0.717, 1.165) is 42.1 Å². The third-order valence-electron chi connectivity index (χ3n) is 7.90. The molecule has 22 heavy (non-hydrogen) atoms. The van der Waals surface area contributed by atoms with Crippen molar-refractivity contribution < 1.29 is 4.79 Å². The summed E-state index contributed by atoms with van der Waals surface area (Å²) in [6.45, 7) is 6.06. The van der Waals surface area contributed by atoms with Crippen LogP contribution in [0.5, 0.6) is 0 Å². The third-order valence-corrected chi connectivity index (χ3v) is 7.90. The number of allylic oxidation sites excluding steroid dienone is 1. The van der Waals surface area contributed by atoms with Crippen LogP contribution < -0.4 is 11.1 Å². The predicted octanol–water partition coefficient (Wildman–Crippen LogP) is 3.00. The Hall–Kier alpha value is -0.830. The van der Waals surface area contributed by atoms with Gasteiger partial charge >= 0.3 is 0 Å². The van der Waals surface area contributed by atoms with Gasteiger partial charge in [-0.25, -0.2) is 0 Å². The maximum atomic E-state index is 11.7. The predicted molar refractivity (Wildman–Crippen MR) is 88.1 cm³/mol.